The van der Waals surface area contributed by atoms with Crippen molar-refractivity contribution in [3.05, 3.63) is 59.0 Å². The van der Waals surface area contributed by atoms with Crippen LogP contribution < -0.4 is 0 Å². The average molecular weight is 339 g/mol. The van der Waals surface area contributed by atoms with E-state index < -0.39 is 0 Å². The molecule has 6 heteroatoms. The Balaban J connectivity index is 1.56. The van der Waals surface area contributed by atoms with Gasteiger partial charge in [0.15, 0.2) is 0 Å². The molecule has 0 spiro atoms. The largest absolute Gasteiger partial charge is 0.368 e. The van der Waals surface area contributed by atoms with Crippen LogP contribution in [0.5, 0.6) is 0 Å². The lowest BCUT2D eigenvalue weighted by atomic mass is 10.2. The molecular formula is C18H17N3O2S. The number of hydrogen-bond donors (Lipinski definition) is 0. The highest BCUT2D eigenvalue weighted by Gasteiger charge is 2.27. The van der Waals surface area contributed by atoms with Crippen molar-refractivity contribution in [3.63, 3.8) is 0 Å². The molecule has 1 amide bonds. The Morgan fingerprint density at radius 1 is 1.33 bits per heavy atom. The number of thiophene rings is 1. The van der Waals surface area contributed by atoms with Crippen LogP contribution in [-0.2, 0) is 4.74 Å². The summed E-state index contributed by atoms with van der Waals surface area (Å²) >= 11 is 1.54. The number of amides is 1. The van der Waals surface area contributed by atoms with Crippen molar-refractivity contribution in [2.75, 3.05) is 19.7 Å². The van der Waals surface area contributed by atoms with Crippen molar-refractivity contribution in [1.29, 1.82) is 0 Å². The molecule has 0 unspecified atom stereocenters. The van der Waals surface area contributed by atoms with Gasteiger partial charge in [0, 0.05) is 17.4 Å². The van der Waals surface area contributed by atoms with Crippen LogP contribution in [0, 0.1) is 6.92 Å². The minimum absolute atomic E-state index is 0.0651. The number of nitrogens with zero attached hydrogens (tertiary/aromatic N) is 3. The van der Waals surface area contributed by atoms with E-state index in [4.69, 9.17) is 4.74 Å². The molecule has 1 aromatic carbocycles. The molecule has 1 aliphatic heterocycles. The summed E-state index contributed by atoms with van der Waals surface area (Å²) < 4.78 is 6.95. The van der Waals surface area contributed by atoms with Crippen molar-refractivity contribution >= 4 is 27.3 Å². The normalized spacial score (nSPS) is 18.0. The van der Waals surface area contributed by atoms with Crippen molar-refractivity contribution in [2.24, 2.45) is 0 Å². The first kappa shape index (κ1) is 15.2. The predicted octanol–water partition coefficient (Wildman–Crippen LogP) is 3.21. The van der Waals surface area contributed by atoms with Gasteiger partial charge < -0.3 is 9.64 Å². The van der Waals surface area contributed by atoms with Crippen LogP contribution in [0.3, 0.4) is 0 Å². The summed E-state index contributed by atoms with van der Waals surface area (Å²) in [6.07, 6.45) is 1.53. The van der Waals surface area contributed by atoms with Gasteiger partial charge >= 0.3 is 0 Å². The number of benzene rings is 1. The first-order chi connectivity index (χ1) is 11.7. The van der Waals surface area contributed by atoms with Gasteiger partial charge in [-0.2, -0.15) is 0 Å². The number of aromatic nitrogens is 2. The number of ether oxygens (including phenoxy) is 1. The molecule has 1 aliphatic rings. The van der Waals surface area contributed by atoms with Crippen LogP contribution in [-0.4, -0.2) is 40.5 Å². The van der Waals surface area contributed by atoms with E-state index in [0.29, 0.717) is 25.5 Å². The lowest BCUT2D eigenvalue weighted by Gasteiger charge is -2.32. The molecule has 2 aromatic heterocycles. The summed E-state index contributed by atoms with van der Waals surface area (Å²) in [7, 11) is 0. The predicted molar refractivity (Wildman–Crippen MR) is 93.2 cm³/mol. The summed E-state index contributed by atoms with van der Waals surface area (Å²) in [5.41, 5.74) is 0.830. The molecule has 24 heavy (non-hydrogen) atoms. The van der Waals surface area contributed by atoms with Gasteiger partial charge in [-0.3, -0.25) is 4.79 Å². The molecule has 1 saturated heterocycles. The second-order valence-corrected chi connectivity index (χ2v) is 6.87. The van der Waals surface area contributed by atoms with Crippen molar-refractivity contribution in [2.45, 2.75) is 13.0 Å². The minimum Gasteiger partial charge on any atom is -0.368 e. The molecule has 0 bridgehead atoms. The summed E-state index contributed by atoms with van der Waals surface area (Å²) in [5, 5.41) is 1.11. The van der Waals surface area contributed by atoms with Gasteiger partial charge in [0.25, 0.3) is 5.91 Å². The SMILES string of the molecule is Cc1nccc([C@@H]2CN(C(=O)c3cc4ccccc4s3)CCO2)n1. The highest BCUT2D eigenvalue weighted by Crippen LogP contribution is 2.28. The fourth-order valence-corrected chi connectivity index (χ4v) is 3.94. The van der Waals surface area contributed by atoms with Crippen LogP contribution in [0.4, 0.5) is 0 Å². The van der Waals surface area contributed by atoms with E-state index in [1.54, 1.807) is 17.5 Å². The zero-order valence-corrected chi connectivity index (χ0v) is 14.1. The van der Waals surface area contributed by atoms with Gasteiger partial charge in [0.2, 0.25) is 0 Å². The molecule has 1 atom stereocenters. The van der Waals surface area contributed by atoms with Gasteiger partial charge in [0.05, 0.1) is 23.7 Å². The average Bonchev–Trinajstić information content (AvgIpc) is 3.05. The molecule has 0 saturated carbocycles. The van der Waals surface area contributed by atoms with Gasteiger partial charge in [0.1, 0.15) is 11.9 Å². The summed E-state index contributed by atoms with van der Waals surface area (Å²) in [5.74, 6) is 0.777. The highest BCUT2D eigenvalue weighted by atomic mass is 32.1. The number of hydrogen-bond acceptors (Lipinski definition) is 5. The van der Waals surface area contributed by atoms with Crippen molar-refractivity contribution < 1.29 is 9.53 Å². The molecule has 3 aromatic rings. The first-order valence-electron chi connectivity index (χ1n) is 7.90. The van der Waals surface area contributed by atoms with Crippen LogP contribution >= 0.6 is 11.3 Å². The van der Waals surface area contributed by atoms with Gasteiger partial charge in [-0.15, -0.1) is 11.3 Å². The Morgan fingerprint density at radius 3 is 3.04 bits per heavy atom. The fraction of sp³-hybridized carbons (Fsp3) is 0.278. The summed E-state index contributed by atoms with van der Waals surface area (Å²) in [4.78, 5) is 24.0. The van der Waals surface area contributed by atoms with Crippen LogP contribution in [0.15, 0.2) is 42.6 Å². The van der Waals surface area contributed by atoms with Crippen molar-refractivity contribution in [1.82, 2.24) is 14.9 Å². The molecule has 3 heterocycles. The maximum absolute atomic E-state index is 12.9. The Morgan fingerprint density at radius 2 is 2.21 bits per heavy atom. The molecule has 5 nitrogen and oxygen atoms in total. The fourth-order valence-electron chi connectivity index (χ4n) is 2.91. The minimum atomic E-state index is -0.196. The molecule has 4 rings (SSSR count). The van der Waals surface area contributed by atoms with Crippen LogP contribution in [0.2, 0.25) is 0 Å². The third-order valence-electron chi connectivity index (χ3n) is 4.12. The smallest absolute Gasteiger partial charge is 0.264 e. The Labute approximate surface area is 143 Å². The van der Waals surface area contributed by atoms with E-state index >= 15 is 0 Å². The van der Waals surface area contributed by atoms with E-state index in [0.717, 1.165) is 20.7 Å². The van der Waals surface area contributed by atoms with E-state index in [-0.39, 0.29) is 12.0 Å². The highest BCUT2D eigenvalue weighted by molar-refractivity contribution is 7.20. The van der Waals surface area contributed by atoms with Gasteiger partial charge in [-0.1, -0.05) is 18.2 Å². The lowest BCUT2D eigenvalue weighted by molar-refractivity contribution is -0.0246. The molecule has 0 radical (unpaired) electrons. The van der Waals surface area contributed by atoms with E-state index in [1.165, 1.54) is 0 Å². The van der Waals surface area contributed by atoms with Gasteiger partial charge in [-0.05, 0) is 30.5 Å². The molecule has 0 N–H and O–H groups in total. The zero-order valence-electron chi connectivity index (χ0n) is 13.3. The summed E-state index contributed by atoms with van der Waals surface area (Å²) in [6, 6.07) is 11.9. The number of carbonyl (C=O) groups is 1. The van der Waals surface area contributed by atoms with Crippen LogP contribution in [0.1, 0.15) is 27.3 Å². The molecule has 1 fully saturated rings. The number of carbonyl (C=O) groups excluding carboxylic acids is 1. The third kappa shape index (κ3) is 2.90. The standard InChI is InChI=1S/C18H17N3O2S/c1-12-19-7-6-14(20-12)15-11-21(8-9-23-15)18(22)17-10-13-4-2-3-5-16(13)24-17/h2-7,10,15H,8-9,11H2,1H3/t15-/m0/s1. The third-order valence-corrected chi connectivity index (χ3v) is 5.22. The van der Waals surface area contributed by atoms with Gasteiger partial charge in [-0.25, -0.2) is 9.97 Å². The zero-order chi connectivity index (χ0) is 16.5. The number of morpholine rings is 1. The van der Waals surface area contributed by atoms with Crippen molar-refractivity contribution in [3.8, 4) is 0 Å². The van der Waals surface area contributed by atoms with E-state index in [1.807, 2.05) is 48.2 Å². The maximum atomic E-state index is 12.9. The maximum Gasteiger partial charge on any atom is 0.264 e. The Kier molecular flexibility index (Phi) is 4.00. The molecule has 122 valence electrons. The monoisotopic (exact) mass is 339 g/mol. The Hall–Kier alpha value is -2.31. The second-order valence-electron chi connectivity index (χ2n) is 5.79. The molecular weight excluding hydrogens is 322 g/mol. The Bertz CT molecular complexity index is 860. The van der Waals surface area contributed by atoms with Crippen LogP contribution in [0.25, 0.3) is 10.1 Å². The lowest BCUT2D eigenvalue weighted by Crippen LogP contribution is -2.42. The second kappa shape index (κ2) is 6.30. The number of rotatable bonds is 2. The van der Waals surface area contributed by atoms with E-state index in [9.17, 15) is 4.79 Å². The quantitative estimate of drug-likeness (QED) is 0.719. The molecule has 0 aliphatic carbocycles. The first-order valence-corrected chi connectivity index (χ1v) is 8.71. The topological polar surface area (TPSA) is 55.3 Å². The van der Waals surface area contributed by atoms with E-state index in [2.05, 4.69) is 9.97 Å². The number of aryl methyl sites for hydroxylation is 1. The number of fused-ring (bicyclic) bond motifs is 1. The summed E-state index contributed by atoms with van der Waals surface area (Å²) in [6.45, 7) is 3.49.